The van der Waals surface area contributed by atoms with Crippen LogP contribution in [-0.2, 0) is 11.2 Å². The Balaban J connectivity index is 1.47. The molecule has 1 saturated heterocycles. The van der Waals surface area contributed by atoms with E-state index in [1.54, 1.807) is 7.11 Å². The van der Waals surface area contributed by atoms with Crippen LogP contribution in [0.3, 0.4) is 0 Å². The van der Waals surface area contributed by atoms with Crippen LogP contribution in [0.2, 0.25) is 0 Å². The van der Waals surface area contributed by atoms with Gasteiger partial charge < -0.3 is 19.1 Å². The zero-order chi connectivity index (χ0) is 23.8. The second-order valence-corrected chi connectivity index (χ2v) is 9.94. The number of aromatic nitrogens is 2. The average molecular weight is 468 g/mol. The first-order valence-electron chi connectivity index (χ1n) is 13.1. The van der Waals surface area contributed by atoms with E-state index in [4.69, 9.17) is 14.2 Å². The predicted molar refractivity (Wildman–Crippen MR) is 135 cm³/mol. The van der Waals surface area contributed by atoms with Crippen molar-refractivity contribution in [1.82, 2.24) is 15.1 Å². The van der Waals surface area contributed by atoms with Crippen molar-refractivity contribution in [3.05, 3.63) is 36.0 Å². The van der Waals surface area contributed by atoms with Gasteiger partial charge in [-0.2, -0.15) is 5.10 Å². The van der Waals surface area contributed by atoms with Gasteiger partial charge in [-0.3, -0.25) is 0 Å². The fourth-order valence-corrected chi connectivity index (χ4v) is 5.19. The predicted octanol–water partition coefficient (Wildman–Crippen LogP) is 5.54. The van der Waals surface area contributed by atoms with E-state index in [2.05, 4.69) is 59.4 Å². The SMILES string of the molecule is CCCCc1nnc(OC[C@H]2CN(C)CC[C@H]2OC)cc1-c1ccc(OC2CCCCC2)cc1. The molecular formula is C28H41N3O3. The number of nitrogens with zero attached hydrogens (tertiary/aromatic N) is 3. The minimum atomic E-state index is 0.226. The van der Waals surface area contributed by atoms with Gasteiger partial charge in [0.1, 0.15) is 5.75 Å². The van der Waals surface area contributed by atoms with Gasteiger partial charge >= 0.3 is 0 Å². The lowest BCUT2D eigenvalue weighted by Gasteiger charge is -2.35. The Morgan fingerprint density at radius 1 is 1.03 bits per heavy atom. The Labute approximate surface area is 205 Å². The first-order valence-corrected chi connectivity index (χ1v) is 13.1. The summed E-state index contributed by atoms with van der Waals surface area (Å²) in [6.45, 7) is 4.82. The summed E-state index contributed by atoms with van der Waals surface area (Å²) in [4.78, 5) is 2.34. The lowest BCUT2D eigenvalue weighted by molar-refractivity contribution is -0.0173. The van der Waals surface area contributed by atoms with Crippen LogP contribution in [0.5, 0.6) is 11.6 Å². The van der Waals surface area contributed by atoms with Crippen LogP contribution in [-0.4, -0.2) is 61.2 Å². The van der Waals surface area contributed by atoms with Crippen molar-refractivity contribution in [1.29, 1.82) is 0 Å². The number of aryl methyl sites for hydroxylation is 1. The lowest BCUT2D eigenvalue weighted by Crippen LogP contribution is -2.44. The van der Waals surface area contributed by atoms with E-state index in [1.165, 1.54) is 32.1 Å². The Morgan fingerprint density at radius 3 is 2.56 bits per heavy atom. The normalized spacial score (nSPS) is 22.0. The number of rotatable bonds is 10. The highest BCUT2D eigenvalue weighted by Gasteiger charge is 2.28. The summed E-state index contributed by atoms with van der Waals surface area (Å²) in [5.74, 6) is 1.86. The maximum absolute atomic E-state index is 6.23. The van der Waals surface area contributed by atoms with Crippen molar-refractivity contribution in [3.8, 4) is 22.8 Å². The Hall–Kier alpha value is -2.18. The second-order valence-electron chi connectivity index (χ2n) is 9.94. The van der Waals surface area contributed by atoms with E-state index in [0.717, 1.165) is 61.3 Å². The third-order valence-corrected chi connectivity index (χ3v) is 7.25. The monoisotopic (exact) mass is 467 g/mol. The number of unbranched alkanes of at least 4 members (excludes halogenated alkanes) is 1. The molecule has 0 amide bonds. The van der Waals surface area contributed by atoms with E-state index in [0.29, 0.717) is 24.5 Å². The van der Waals surface area contributed by atoms with Gasteiger partial charge in [-0.05, 0) is 69.7 Å². The zero-order valence-corrected chi connectivity index (χ0v) is 21.2. The molecule has 1 saturated carbocycles. The van der Waals surface area contributed by atoms with Crippen molar-refractivity contribution in [2.75, 3.05) is 33.9 Å². The maximum atomic E-state index is 6.23. The number of hydrogen-bond acceptors (Lipinski definition) is 6. The summed E-state index contributed by atoms with van der Waals surface area (Å²) in [5, 5.41) is 8.99. The first-order chi connectivity index (χ1) is 16.7. The molecule has 2 heterocycles. The molecule has 2 atom stereocenters. The molecule has 2 aromatic rings. The Morgan fingerprint density at radius 2 is 1.82 bits per heavy atom. The summed E-state index contributed by atoms with van der Waals surface area (Å²) in [6.07, 6.45) is 11.0. The molecule has 0 unspecified atom stereocenters. The smallest absolute Gasteiger partial charge is 0.234 e. The van der Waals surface area contributed by atoms with Gasteiger partial charge in [0.15, 0.2) is 0 Å². The van der Waals surface area contributed by atoms with Gasteiger partial charge in [-0.1, -0.05) is 31.9 Å². The maximum Gasteiger partial charge on any atom is 0.234 e. The Bertz CT molecular complexity index is 883. The van der Waals surface area contributed by atoms with Crippen LogP contribution in [0.25, 0.3) is 11.1 Å². The summed E-state index contributed by atoms with van der Waals surface area (Å²) in [6, 6.07) is 10.5. The van der Waals surface area contributed by atoms with Crippen LogP contribution in [0.4, 0.5) is 0 Å². The van der Waals surface area contributed by atoms with E-state index < -0.39 is 0 Å². The number of hydrogen-bond donors (Lipinski definition) is 0. The van der Waals surface area contributed by atoms with Crippen LogP contribution in [0, 0.1) is 5.92 Å². The molecule has 2 aliphatic rings. The molecule has 2 fully saturated rings. The van der Waals surface area contributed by atoms with Gasteiger partial charge in [0.2, 0.25) is 5.88 Å². The minimum absolute atomic E-state index is 0.226. The molecular weight excluding hydrogens is 426 g/mol. The highest BCUT2D eigenvalue weighted by molar-refractivity contribution is 5.67. The second kappa shape index (κ2) is 12.5. The molecule has 6 heteroatoms. The molecule has 0 radical (unpaired) electrons. The molecule has 1 aromatic carbocycles. The molecule has 0 N–H and O–H groups in total. The van der Waals surface area contributed by atoms with Gasteiger partial charge in [-0.25, -0.2) is 0 Å². The van der Waals surface area contributed by atoms with Crippen LogP contribution >= 0.6 is 0 Å². The van der Waals surface area contributed by atoms with E-state index in [1.807, 2.05) is 0 Å². The van der Waals surface area contributed by atoms with Gasteiger partial charge in [0.25, 0.3) is 0 Å². The first kappa shape index (κ1) is 24.9. The minimum Gasteiger partial charge on any atom is -0.490 e. The van der Waals surface area contributed by atoms with Crippen LogP contribution in [0.15, 0.2) is 30.3 Å². The number of likely N-dealkylation sites (tertiary alicyclic amines) is 1. The fraction of sp³-hybridized carbons (Fsp3) is 0.643. The quantitative estimate of drug-likeness (QED) is 0.457. The summed E-state index contributed by atoms with van der Waals surface area (Å²) < 4.78 is 18.1. The fourth-order valence-electron chi connectivity index (χ4n) is 5.19. The third-order valence-electron chi connectivity index (χ3n) is 7.25. The number of ether oxygens (including phenoxy) is 3. The standard InChI is InChI=1S/C28H41N3O3/c1-4-5-11-26-25(21-12-14-24(15-13-21)34-23-9-7-6-8-10-23)18-28(30-29-26)33-20-22-19-31(2)17-16-27(22)32-3/h12-15,18,22-23,27H,4-11,16-17,19-20H2,1-3H3/t22-,27-/m1/s1. The molecule has 4 rings (SSSR count). The highest BCUT2D eigenvalue weighted by Crippen LogP contribution is 2.30. The summed E-state index contributed by atoms with van der Waals surface area (Å²) in [5.41, 5.74) is 3.27. The average Bonchev–Trinajstić information content (AvgIpc) is 2.87. The van der Waals surface area contributed by atoms with Gasteiger partial charge in [0.05, 0.1) is 24.5 Å². The summed E-state index contributed by atoms with van der Waals surface area (Å²) >= 11 is 0. The topological polar surface area (TPSA) is 56.7 Å². The molecule has 34 heavy (non-hydrogen) atoms. The van der Waals surface area contributed by atoms with Gasteiger partial charge in [0, 0.05) is 37.7 Å². The number of piperidine rings is 1. The molecule has 6 nitrogen and oxygen atoms in total. The molecule has 1 aliphatic carbocycles. The van der Waals surface area contributed by atoms with Crippen molar-refractivity contribution in [3.63, 3.8) is 0 Å². The largest absolute Gasteiger partial charge is 0.490 e. The van der Waals surface area contributed by atoms with Crippen molar-refractivity contribution >= 4 is 0 Å². The zero-order valence-electron chi connectivity index (χ0n) is 21.2. The third kappa shape index (κ3) is 6.70. The van der Waals surface area contributed by atoms with E-state index in [-0.39, 0.29) is 6.10 Å². The van der Waals surface area contributed by atoms with E-state index in [9.17, 15) is 0 Å². The van der Waals surface area contributed by atoms with Gasteiger partial charge in [-0.15, -0.1) is 5.10 Å². The molecule has 0 spiro atoms. The van der Waals surface area contributed by atoms with Crippen molar-refractivity contribution in [2.45, 2.75) is 76.9 Å². The number of benzene rings is 1. The highest BCUT2D eigenvalue weighted by atomic mass is 16.5. The van der Waals surface area contributed by atoms with E-state index >= 15 is 0 Å². The Kier molecular flexibility index (Phi) is 9.17. The van der Waals surface area contributed by atoms with Crippen molar-refractivity contribution < 1.29 is 14.2 Å². The molecule has 1 aliphatic heterocycles. The lowest BCUT2D eigenvalue weighted by atomic mass is 9.96. The molecule has 1 aromatic heterocycles. The van der Waals surface area contributed by atoms with Crippen molar-refractivity contribution in [2.24, 2.45) is 5.92 Å². The van der Waals surface area contributed by atoms with Crippen LogP contribution in [0.1, 0.15) is 64.0 Å². The van der Waals surface area contributed by atoms with Crippen LogP contribution < -0.4 is 9.47 Å². The number of methoxy groups -OCH3 is 1. The molecule has 0 bridgehead atoms. The summed E-state index contributed by atoms with van der Waals surface area (Å²) in [7, 11) is 3.95. The molecule has 186 valence electrons.